The van der Waals surface area contributed by atoms with Crippen molar-refractivity contribution in [3.63, 3.8) is 0 Å². The van der Waals surface area contributed by atoms with Crippen LogP contribution in [0.4, 0.5) is 11.4 Å². The average molecular weight is 262 g/mol. The van der Waals surface area contributed by atoms with Crippen molar-refractivity contribution in [3.05, 3.63) is 23.8 Å². The fourth-order valence-electron chi connectivity index (χ4n) is 2.80. The highest BCUT2D eigenvalue weighted by Crippen LogP contribution is 2.35. The number of aliphatic hydroxyl groups is 2. The molecule has 0 spiro atoms. The number of hydrogen-bond donors (Lipinski definition) is 3. The molecule has 1 aromatic carbocycles. The van der Waals surface area contributed by atoms with Gasteiger partial charge in [0.15, 0.2) is 6.10 Å². The van der Waals surface area contributed by atoms with Crippen molar-refractivity contribution in [2.45, 2.75) is 25.6 Å². The van der Waals surface area contributed by atoms with Crippen LogP contribution in [-0.4, -0.2) is 35.3 Å². The van der Waals surface area contributed by atoms with Crippen molar-refractivity contribution in [2.75, 3.05) is 23.3 Å². The minimum absolute atomic E-state index is 0.229. The van der Waals surface area contributed by atoms with E-state index in [0.29, 0.717) is 11.3 Å². The number of carbonyl (C=O) groups excluding carboxylic acids is 1. The minimum atomic E-state index is -1.05. The number of aliphatic hydroxyl groups excluding tert-OH is 2. The lowest BCUT2D eigenvalue weighted by molar-refractivity contribution is -0.123. The number of piperidine rings is 1. The maximum Gasteiger partial charge on any atom is 0.257 e. The molecule has 1 amide bonds. The lowest BCUT2D eigenvalue weighted by Crippen LogP contribution is -2.41. The van der Waals surface area contributed by atoms with Gasteiger partial charge in [-0.15, -0.1) is 0 Å². The van der Waals surface area contributed by atoms with Crippen molar-refractivity contribution >= 4 is 17.3 Å². The third kappa shape index (κ3) is 2.09. The summed E-state index contributed by atoms with van der Waals surface area (Å²) in [5.41, 5.74) is 2.35. The molecule has 2 heterocycles. The number of hydrogen-bond acceptors (Lipinski definition) is 4. The molecular weight excluding hydrogens is 244 g/mol. The highest BCUT2D eigenvalue weighted by molar-refractivity contribution is 6.02. The molecule has 0 radical (unpaired) electrons. The number of nitrogens with one attached hydrogen (secondary N) is 1. The maximum atomic E-state index is 11.4. The number of nitrogens with zero attached hydrogens (tertiary/aromatic N) is 1. The Morgan fingerprint density at radius 2 is 2.16 bits per heavy atom. The number of carbonyl (C=O) groups is 1. The van der Waals surface area contributed by atoms with Crippen LogP contribution >= 0.6 is 0 Å². The molecule has 3 N–H and O–H groups in total. The number of amides is 1. The summed E-state index contributed by atoms with van der Waals surface area (Å²) in [5, 5.41) is 22.1. The summed E-state index contributed by atoms with van der Waals surface area (Å²) < 4.78 is 0. The Morgan fingerprint density at radius 3 is 2.89 bits per heavy atom. The van der Waals surface area contributed by atoms with E-state index in [2.05, 4.69) is 10.2 Å². The Kier molecular flexibility index (Phi) is 2.95. The van der Waals surface area contributed by atoms with Crippen molar-refractivity contribution in [1.82, 2.24) is 0 Å². The Labute approximate surface area is 111 Å². The van der Waals surface area contributed by atoms with Gasteiger partial charge in [-0.25, -0.2) is 0 Å². The van der Waals surface area contributed by atoms with Crippen LogP contribution in [0, 0.1) is 5.92 Å². The molecule has 3 rings (SSSR count). The van der Waals surface area contributed by atoms with Crippen LogP contribution in [-0.2, 0) is 4.79 Å². The molecule has 102 valence electrons. The summed E-state index contributed by atoms with van der Waals surface area (Å²) in [6, 6.07) is 5.61. The summed E-state index contributed by atoms with van der Waals surface area (Å²) in [6.07, 6.45) is -0.522. The maximum absolute atomic E-state index is 11.4. The van der Waals surface area contributed by atoms with Crippen LogP contribution in [0.1, 0.15) is 25.0 Å². The topological polar surface area (TPSA) is 72.8 Å². The average Bonchev–Trinajstić information content (AvgIpc) is 2.68. The molecule has 0 bridgehead atoms. The van der Waals surface area contributed by atoms with E-state index < -0.39 is 6.10 Å². The fraction of sp³-hybridized carbons (Fsp3) is 0.500. The molecule has 19 heavy (non-hydrogen) atoms. The first-order valence-electron chi connectivity index (χ1n) is 6.62. The van der Waals surface area contributed by atoms with Crippen LogP contribution in [0.3, 0.4) is 0 Å². The van der Waals surface area contributed by atoms with Gasteiger partial charge < -0.3 is 20.4 Å². The number of anilines is 2. The van der Waals surface area contributed by atoms with E-state index in [4.69, 9.17) is 0 Å². The molecule has 1 saturated heterocycles. The minimum Gasteiger partial charge on any atom is -0.393 e. The van der Waals surface area contributed by atoms with Gasteiger partial charge in [0.1, 0.15) is 0 Å². The van der Waals surface area contributed by atoms with Gasteiger partial charge in [0.25, 0.3) is 5.91 Å². The Balaban J connectivity index is 1.84. The first-order chi connectivity index (χ1) is 9.06. The molecule has 0 aliphatic carbocycles. The number of benzene rings is 1. The summed E-state index contributed by atoms with van der Waals surface area (Å²) >= 11 is 0. The Hall–Kier alpha value is -1.59. The van der Waals surface area contributed by atoms with E-state index >= 15 is 0 Å². The van der Waals surface area contributed by atoms with Gasteiger partial charge in [-0.2, -0.15) is 0 Å². The summed E-state index contributed by atoms with van der Waals surface area (Å²) in [5.74, 6) is -0.128. The third-order valence-electron chi connectivity index (χ3n) is 4.06. The molecular formula is C14H18N2O3. The van der Waals surface area contributed by atoms with Gasteiger partial charge in [-0.1, -0.05) is 13.0 Å². The lowest BCUT2D eigenvalue weighted by atomic mass is 9.96. The molecule has 1 aromatic rings. The zero-order chi connectivity index (χ0) is 13.6. The predicted octanol–water partition coefficient (Wildman–Crippen LogP) is 0.879. The summed E-state index contributed by atoms with van der Waals surface area (Å²) in [4.78, 5) is 13.6. The molecule has 5 heteroatoms. The highest BCUT2D eigenvalue weighted by atomic mass is 16.3. The third-order valence-corrected chi connectivity index (χ3v) is 4.06. The van der Waals surface area contributed by atoms with Crippen LogP contribution in [0.25, 0.3) is 0 Å². The van der Waals surface area contributed by atoms with Crippen LogP contribution < -0.4 is 10.2 Å². The Morgan fingerprint density at radius 1 is 1.37 bits per heavy atom. The van der Waals surface area contributed by atoms with Gasteiger partial charge >= 0.3 is 0 Å². The molecule has 3 atom stereocenters. The molecule has 0 saturated carbocycles. The van der Waals surface area contributed by atoms with Crippen molar-refractivity contribution in [3.8, 4) is 0 Å². The van der Waals surface area contributed by atoms with E-state index in [1.165, 1.54) is 0 Å². The fourth-order valence-corrected chi connectivity index (χ4v) is 2.80. The van der Waals surface area contributed by atoms with Gasteiger partial charge in [0.2, 0.25) is 0 Å². The molecule has 5 nitrogen and oxygen atoms in total. The van der Waals surface area contributed by atoms with Gasteiger partial charge in [-0.3, -0.25) is 4.79 Å². The summed E-state index contributed by atoms with van der Waals surface area (Å²) in [7, 11) is 0. The SMILES string of the molecule is CC1CN(c2ccc3c(c2)NC(=O)C3O)CCC1O. The van der Waals surface area contributed by atoms with E-state index in [9.17, 15) is 15.0 Å². The van der Waals surface area contributed by atoms with Crippen molar-refractivity contribution in [2.24, 2.45) is 5.92 Å². The quantitative estimate of drug-likeness (QED) is 0.702. The van der Waals surface area contributed by atoms with Gasteiger partial charge in [0.05, 0.1) is 6.10 Å². The van der Waals surface area contributed by atoms with Crippen LogP contribution in [0.2, 0.25) is 0 Å². The van der Waals surface area contributed by atoms with E-state index in [-0.39, 0.29) is 17.9 Å². The number of rotatable bonds is 1. The standard InChI is InChI=1S/C14H18N2O3/c1-8-7-16(5-4-12(8)17)9-2-3-10-11(6-9)15-14(19)13(10)18/h2-3,6,8,12-13,17-18H,4-5,7H2,1H3,(H,15,19). The second-order valence-corrected chi connectivity index (χ2v) is 5.44. The van der Waals surface area contributed by atoms with Crippen LogP contribution in [0.15, 0.2) is 18.2 Å². The lowest BCUT2D eigenvalue weighted by Gasteiger charge is -2.36. The normalized spacial score (nSPS) is 30.2. The monoisotopic (exact) mass is 262 g/mol. The summed E-state index contributed by atoms with van der Waals surface area (Å²) in [6.45, 7) is 3.65. The van der Waals surface area contributed by atoms with Gasteiger partial charge in [0, 0.05) is 30.0 Å². The molecule has 0 aromatic heterocycles. The van der Waals surface area contributed by atoms with E-state index in [0.717, 1.165) is 25.2 Å². The van der Waals surface area contributed by atoms with Crippen molar-refractivity contribution in [1.29, 1.82) is 0 Å². The first-order valence-corrected chi connectivity index (χ1v) is 6.62. The molecule has 1 fully saturated rings. The predicted molar refractivity (Wildman–Crippen MR) is 72.0 cm³/mol. The van der Waals surface area contributed by atoms with Crippen LogP contribution in [0.5, 0.6) is 0 Å². The molecule has 3 unspecified atom stereocenters. The smallest absolute Gasteiger partial charge is 0.257 e. The number of fused-ring (bicyclic) bond motifs is 1. The molecule has 2 aliphatic heterocycles. The second-order valence-electron chi connectivity index (χ2n) is 5.44. The zero-order valence-corrected chi connectivity index (χ0v) is 10.8. The highest BCUT2D eigenvalue weighted by Gasteiger charge is 2.30. The van der Waals surface area contributed by atoms with Gasteiger partial charge in [-0.05, 0) is 24.5 Å². The Bertz CT molecular complexity index is 517. The first kappa shape index (κ1) is 12.4. The van der Waals surface area contributed by atoms with E-state index in [1.807, 2.05) is 19.1 Å². The van der Waals surface area contributed by atoms with E-state index in [1.54, 1.807) is 6.07 Å². The second kappa shape index (κ2) is 4.51. The largest absolute Gasteiger partial charge is 0.393 e. The zero-order valence-electron chi connectivity index (χ0n) is 10.8. The molecule has 2 aliphatic rings. The van der Waals surface area contributed by atoms with Crippen molar-refractivity contribution < 1.29 is 15.0 Å².